The number of hydrogen-bond acceptors (Lipinski definition) is 9. The van der Waals surface area contributed by atoms with Crippen LogP contribution in [0.2, 0.25) is 0 Å². The second-order valence-electron chi connectivity index (χ2n) is 5.71. The van der Waals surface area contributed by atoms with Crippen LogP contribution >= 0.6 is 0 Å². The van der Waals surface area contributed by atoms with Gasteiger partial charge in [0.2, 0.25) is 5.91 Å². The molecule has 1 amide bonds. The smallest absolute Gasteiger partial charge is 0.219 e. The Balaban J connectivity index is 0.000000547. The Hall–Kier alpha value is -1.14. The number of ketones is 1. The largest absolute Gasteiger partial charge is 0.394 e. The molecule has 0 spiro atoms. The molecule has 0 bridgehead atoms. The van der Waals surface area contributed by atoms with E-state index in [1.807, 2.05) is 6.92 Å². The Morgan fingerprint density at radius 1 is 1.28 bits per heavy atom. The van der Waals surface area contributed by atoms with Crippen molar-refractivity contribution in [1.82, 2.24) is 10.4 Å². The summed E-state index contributed by atoms with van der Waals surface area (Å²) in [7, 11) is 2.88. The number of likely N-dealkylation sites (N-methyl/N-ethyl adjacent to an activating group) is 1. The van der Waals surface area contributed by atoms with Crippen molar-refractivity contribution in [3.05, 3.63) is 0 Å². The first kappa shape index (κ1) is 23.9. The summed E-state index contributed by atoms with van der Waals surface area (Å²) in [6.07, 6.45) is -4.65. The maximum Gasteiger partial charge on any atom is 0.219 e. The standard InChI is InChI=1S/C9H17NO6.C6H13NO2/c1-4(12)10(2)6-8(14)7(13)5(3-11)16-9(6)15;1-4-6(8)5(2)7-9-3/h5-9,11,13-15H,3H2,1-2H3;5,7H,4H2,1-3H3. The summed E-state index contributed by atoms with van der Waals surface area (Å²) in [5.41, 5.74) is 2.55. The van der Waals surface area contributed by atoms with Gasteiger partial charge in [0.15, 0.2) is 12.1 Å². The Bertz CT molecular complexity index is 422. The molecule has 1 fully saturated rings. The normalized spacial score (nSPS) is 30.0. The van der Waals surface area contributed by atoms with Gasteiger partial charge in [-0.15, -0.1) is 0 Å². The number of aliphatic hydroxyl groups excluding tert-OH is 4. The Kier molecular flexibility index (Phi) is 10.9. The van der Waals surface area contributed by atoms with Gasteiger partial charge in [0.25, 0.3) is 0 Å². The molecule has 1 aliphatic heterocycles. The van der Waals surface area contributed by atoms with E-state index in [-0.39, 0.29) is 17.7 Å². The van der Waals surface area contributed by atoms with Gasteiger partial charge in [-0.2, -0.15) is 5.48 Å². The van der Waals surface area contributed by atoms with Gasteiger partial charge in [0, 0.05) is 20.4 Å². The number of amides is 1. The number of carbonyl (C=O) groups excluding carboxylic acids is 2. The van der Waals surface area contributed by atoms with E-state index in [4.69, 9.17) is 9.84 Å². The van der Waals surface area contributed by atoms with Crippen molar-refractivity contribution in [3.8, 4) is 0 Å². The molecular formula is C15H30N2O8. The van der Waals surface area contributed by atoms with E-state index in [0.717, 1.165) is 4.90 Å². The number of Topliss-reactive ketones (excluding diaryl/α,β-unsaturated/α-hetero) is 1. The van der Waals surface area contributed by atoms with Crippen molar-refractivity contribution >= 4 is 11.7 Å². The van der Waals surface area contributed by atoms with Crippen molar-refractivity contribution in [3.63, 3.8) is 0 Å². The van der Waals surface area contributed by atoms with Gasteiger partial charge in [-0.3, -0.25) is 9.59 Å². The summed E-state index contributed by atoms with van der Waals surface area (Å²) in [5.74, 6) is -0.210. The van der Waals surface area contributed by atoms with Crippen LogP contribution < -0.4 is 5.48 Å². The topological polar surface area (TPSA) is 149 Å². The number of aliphatic hydroxyl groups is 4. The van der Waals surface area contributed by atoms with E-state index >= 15 is 0 Å². The minimum atomic E-state index is -1.44. The predicted molar refractivity (Wildman–Crippen MR) is 87.1 cm³/mol. The number of hydrogen-bond donors (Lipinski definition) is 5. The predicted octanol–water partition coefficient (Wildman–Crippen LogP) is -2.23. The SMILES string of the molecule is CC(=O)N(C)C1C(O)OC(CO)C(O)C1O.CCC(=O)C(C)NOC. The van der Waals surface area contributed by atoms with Crippen molar-refractivity contribution in [2.24, 2.45) is 0 Å². The molecular weight excluding hydrogens is 336 g/mol. The van der Waals surface area contributed by atoms with Gasteiger partial charge in [-0.25, -0.2) is 0 Å². The Labute approximate surface area is 147 Å². The molecule has 0 aliphatic carbocycles. The maximum atomic E-state index is 11.1. The highest BCUT2D eigenvalue weighted by Gasteiger charge is 2.46. The van der Waals surface area contributed by atoms with Gasteiger partial charge < -0.3 is 34.9 Å². The van der Waals surface area contributed by atoms with Crippen LogP contribution in [-0.2, 0) is 19.2 Å². The first-order chi connectivity index (χ1) is 11.6. The molecule has 0 aromatic carbocycles. The van der Waals surface area contributed by atoms with Crippen LogP contribution in [0.25, 0.3) is 0 Å². The van der Waals surface area contributed by atoms with E-state index in [2.05, 4.69) is 10.3 Å². The van der Waals surface area contributed by atoms with Crippen LogP contribution in [0.4, 0.5) is 0 Å². The molecule has 148 valence electrons. The zero-order chi connectivity index (χ0) is 19.7. The fourth-order valence-electron chi connectivity index (χ4n) is 2.26. The average molecular weight is 366 g/mol. The quantitative estimate of drug-likeness (QED) is 0.329. The minimum Gasteiger partial charge on any atom is -0.394 e. The van der Waals surface area contributed by atoms with E-state index in [9.17, 15) is 24.9 Å². The highest BCUT2D eigenvalue weighted by atomic mass is 16.6. The highest BCUT2D eigenvalue weighted by molar-refractivity contribution is 5.83. The van der Waals surface area contributed by atoms with Gasteiger partial charge in [-0.05, 0) is 6.92 Å². The van der Waals surface area contributed by atoms with Crippen molar-refractivity contribution in [2.75, 3.05) is 20.8 Å². The van der Waals surface area contributed by atoms with Crippen molar-refractivity contribution in [2.45, 2.75) is 63.9 Å². The van der Waals surface area contributed by atoms with Gasteiger partial charge in [-0.1, -0.05) is 6.92 Å². The molecule has 1 saturated heterocycles. The van der Waals surface area contributed by atoms with Crippen LogP contribution in [0, 0.1) is 0 Å². The minimum absolute atomic E-state index is 0.164. The molecule has 0 aromatic rings. The summed E-state index contributed by atoms with van der Waals surface area (Å²) in [4.78, 5) is 27.5. The van der Waals surface area contributed by atoms with Gasteiger partial charge in [0.05, 0.1) is 19.8 Å². The van der Waals surface area contributed by atoms with Crippen LogP contribution in [0.15, 0.2) is 0 Å². The van der Waals surface area contributed by atoms with Crippen molar-refractivity contribution in [1.29, 1.82) is 0 Å². The maximum absolute atomic E-state index is 11.1. The van der Waals surface area contributed by atoms with Gasteiger partial charge in [0.1, 0.15) is 24.4 Å². The van der Waals surface area contributed by atoms with Crippen LogP contribution in [0.5, 0.6) is 0 Å². The van der Waals surface area contributed by atoms with E-state index in [0.29, 0.717) is 6.42 Å². The molecule has 0 aromatic heterocycles. The molecule has 5 N–H and O–H groups in total. The monoisotopic (exact) mass is 366 g/mol. The van der Waals surface area contributed by atoms with Gasteiger partial charge >= 0.3 is 0 Å². The van der Waals surface area contributed by atoms with Crippen LogP contribution in [0.1, 0.15) is 27.2 Å². The third kappa shape index (κ3) is 6.94. The molecule has 1 heterocycles. The van der Waals surface area contributed by atoms with Crippen LogP contribution in [-0.4, -0.2) is 94.5 Å². The number of rotatable bonds is 6. The molecule has 0 saturated carbocycles. The number of hydroxylamine groups is 1. The molecule has 1 rings (SSSR count). The summed E-state index contributed by atoms with van der Waals surface area (Å²) in [5, 5.41) is 37.7. The average Bonchev–Trinajstić information content (AvgIpc) is 2.57. The fourth-order valence-corrected chi connectivity index (χ4v) is 2.26. The molecule has 25 heavy (non-hydrogen) atoms. The van der Waals surface area contributed by atoms with Crippen molar-refractivity contribution < 1.29 is 39.6 Å². The molecule has 6 unspecified atom stereocenters. The second-order valence-corrected chi connectivity index (χ2v) is 5.71. The van der Waals surface area contributed by atoms with Crippen LogP contribution in [0.3, 0.4) is 0 Å². The summed E-state index contributed by atoms with van der Waals surface area (Å²) in [6.45, 7) is 4.35. The Morgan fingerprint density at radius 3 is 2.24 bits per heavy atom. The third-order valence-corrected chi connectivity index (χ3v) is 3.94. The zero-order valence-corrected chi connectivity index (χ0v) is 15.2. The van der Waals surface area contributed by atoms with E-state index in [1.54, 1.807) is 6.92 Å². The van der Waals surface area contributed by atoms with E-state index < -0.39 is 37.3 Å². The first-order valence-electron chi connectivity index (χ1n) is 7.97. The highest BCUT2D eigenvalue weighted by Crippen LogP contribution is 2.23. The first-order valence-corrected chi connectivity index (χ1v) is 7.97. The third-order valence-electron chi connectivity index (χ3n) is 3.94. The molecule has 10 heteroatoms. The molecule has 10 nitrogen and oxygen atoms in total. The van der Waals surface area contributed by atoms with E-state index in [1.165, 1.54) is 21.1 Å². The number of carbonyl (C=O) groups is 2. The lowest BCUT2D eigenvalue weighted by atomic mass is 9.96. The summed E-state index contributed by atoms with van der Waals surface area (Å²) in [6, 6.07) is -1.23. The number of ether oxygens (including phenoxy) is 1. The lowest BCUT2D eigenvalue weighted by Gasteiger charge is -2.43. The molecule has 6 atom stereocenters. The summed E-state index contributed by atoms with van der Waals surface area (Å²) < 4.78 is 4.90. The lowest BCUT2D eigenvalue weighted by molar-refractivity contribution is -0.268. The molecule has 1 aliphatic rings. The number of nitrogens with zero attached hydrogens (tertiary/aromatic N) is 1. The number of nitrogens with one attached hydrogen (secondary N) is 1. The Morgan fingerprint density at radius 2 is 1.84 bits per heavy atom. The lowest BCUT2D eigenvalue weighted by Crippen LogP contribution is -2.64. The summed E-state index contributed by atoms with van der Waals surface area (Å²) >= 11 is 0. The fraction of sp³-hybridized carbons (Fsp3) is 0.867. The second kappa shape index (κ2) is 11.5. The molecule has 0 radical (unpaired) electrons. The zero-order valence-electron chi connectivity index (χ0n) is 15.2.